The van der Waals surface area contributed by atoms with E-state index in [2.05, 4.69) is 16.0 Å². The topological polar surface area (TPSA) is 51.8 Å². The molecule has 0 saturated carbocycles. The number of halogens is 4. The Labute approximate surface area is 183 Å². The van der Waals surface area contributed by atoms with Crippen LogP contribution in [0.15, 0.2) is 36.4 Å². The van der Waals surface area contributed by atoms with Crippen LogP contribution < -0.4 is 5.73 Å². The summed E-state index contributed by atoms with van der Waals surface area (Å²) in [4.78, 5) is 9.03. The Balaban J connectivity index is 1.85. The molecule has 2 N–H and O–H groups in total. The van der Waals surface area contributed by atoms with Crippen LogP contribution in [0.2, 0.25) is 20.1 Å². The molecular weight excluding hydrogens is 436 g/mol. The second kappa shape index (κ2) is 7.92. The second-order valence-corrected chi connectivity index (χ2v) is 8.21. The summed E-state index contributed by atoms with van der Waals surface area (Å²) >= 11 is 24.5. The first-order valence-electron chi connectivity index (χ1n) is 8.70. The average molecular weight is 451 g/mol. The van der Waals surface area contributed by atoms with Crippen molar-refractivity contribution in [1.29, 1.82) is 0 Å². The summed E-state index contributed by atoms with van der Waals surface area (Å²) in [5.74, 6) is 0.224. The van der Waals surface area contributed by atoms with Gasteiger partial charge in [0.25, 0.3) is 0 Å². The van der Waals surface area contributed by atoms with E-state index >= 15 is 0 Å². The van der Waals surface area contributed by atoms with E-state index in [-0.39, 0.29) is 5.95 Å². The highest BCUT2D eigenvalue weighted by Gasteiger charge is 2.22. The first-order chi connectivity index (χ1) is 13.4. The highest BCUT2D eigenvalue weighted by Crippen LogP contribution is 2.38. The van der Waals surface area contributed by atoms with Crippen LogP contribution in [0.4, 0.5) is 5.95 Å². The van der Waals surface area contributed by atoms with Crippen LogP contribution >= 0.6 is 46.4 Å². The maximum Gasteiger partial charge on any atom is 0.221 e. The van der Waals surface area contributed by atoms with E-state index in [9.17, 15) is 0 Å². The van der Waals surface area contributed by atoms with Crippen LogP contribution in [0, 0.1) is 0 Å². The Bertz CT molecular complexity index is 1110. The standard InChI is InChI=1S/C21H15Cl4N3/c22-15-6-4-11(9-17(15)24)8-12-2-1-3-14-19(12)27-21(26)28-20(14)13-5-7-16(23)18(25)10-13/h4-10H,1-3H2,(H2,26,27,28)/b12-8+. The van der Waals surface area contributed by atoms with Gasteiger partial charge in [-0.05, 0) is 60.7 Å². The number of nitrogens with zero attached hydrogens (tertiary/aromatic N) is 2. The summed E-state index contributed by atoms with van der Waals surface area (Å²) in [5.41, 5.74) is 11.7. The van der Waals surface area contributed by atoms with Crippen molar-refractivity contribution in [3.63, 3.8) is 0 Å². The van der Waals surface area contributed by atoms with Crippen LogP contribution in [0.5, 0.6) is 0 Å². The monoisotopic (exact) mass is 449 g/mol. The number of nitrogens with two attached hydrogens (primary N) is 1. The van der Waals surface area contributed by atoms with E-state index in [0.29, 0.717) is 20.1 Å². The summed E-state index contributed by atoms with van der Waals surface area (Å²) in [6, 6.07) is 11.0. The fraction of sp³-hybridized carbons (Fsp3) is 0.143. The molecule has 0 radical (unpaired) electrons. The molecule has 1 aromatic heterocycles. The van der Waals surface area contributed by atoms with E-state index in [0.717, 1.165) is 52.9 Å². The molecule has 0 fully saturated rings. The lowest BCUT2D eigenvalue weighted by atomic mass is 9.87. The van der Waals surface area contributed by atoms with Crippen LogP contribution in [-0.2, 0) is 6.42 Å². The second-order valence-electron chi connectivity index (χ2n) is 6.58. The van der Waals surface area contributed by atoms with Crippen LogP contribution in [0.3, 0.4) is 0 Å². The molecule has 1 heterocycles. The highest BCUT2D eigenvalue weighted by molar-refractivity contribution is 6.42. The molecule has 7 heteroatoms. The molecule has 4 rings (SSSR count). The van der Waals surface area contributed by atoms with Crippen LogP contribution in [0.1, 0.15) is 29.7 Å². The molecule has 1 aliphatic rings. The predicted molar refractivity (Wildman–Crippen MR) is 119 cm³/mol. The van der Waals surface area contributed by atoms with Crippen molar-refractivity contribution in [2.75, 3.05) is 5.73 Å². The maximum atomic E-state index is 6.21. The van der Waals surface area contributed by atoms with Crippen molar-refractivity contribution in [2.45, 2.75) is 19.3 Å². The van der Waals surface area contributed by atoms with Crippen molar-refractivity contribution in [3.8, 4) is 11.3 Å². The van der Waals surface area contributed by atoms with Gasteiger partial charge in [0.05, 0.1) is 31.5 Å². The number of aromatic nitrogens is 2. The van der Waals surface area contributed by atoms with E-state index in [1.165, 1.54) is 0 Å². The van der Waals surface area contributed by atoms with E-state index in [1.807, 2.05) is 24.3 Å². The lowest BCUT2D eigenvalue weighted by Gasteiger charge is -2.21. The summed E-state index contributed by atoms with van der Waals surface area (Å²) in [6.07, 6.45) is 4.82. The minimum atomic E-state index is 0.224. The van der Waals surface area contributed by atoms with Crippen molar-refractivity contribution in [3.05, 3.63) is 73.3 Å². The van der Waals surface area contributed by atoms with Gasteiger partial charge in [-0.15, -0.1) is 0 Å². The van der Waals surface area contributed by atoms with Gasteiger partial charge in [-0.1, -0.05) is 58.5 Å². The molecule has 0 amide bonds. The Morgan fingerprint density at radius 3 is 2.18 bits per heavy atom. The molecule has 28 heavy (non-hydrogen) atoms. The third kappa shape index (κ3) is 3.85. The van der Waals surface area contributed by atoms with Gasteiger partial charge >= 0.3 is 0 Å². The molecule has 1 aliphatic carbocycles. The average Bonchev–Trinajstić information content (AvgIpc) is 2.67. The first-order valence-corrected chi connectivity index (χ1v) is 10.2. The number of hydrogen-bond acceptors (Lipinski definition) is 3. The lowest BCUT2D eigenvalue weighted by molar-refractivity contribution is 0.806. The number of fused-ring (bicyclic) bond motifs is 1. The summed E-state index contributed by atoms with van der Waals surface area (Å²) in [7, 11) is 0. The number of benzene rings is 2. The third-order valence-corrected chi connectivity index (χ3v) is 6.16. The number of allylic oxidation sites excluding steroid dienone is 1. The third-order valence-electron chi connectivity index (χ3n) is 4.68. The molecule has 0 saturated heterocycles. The molecule has 142 valence electrons. The van der Waals surface area contributed by atoms with E-state index in [1.54, 1.807) is 12.1 Å². The normalized spacial score (nSPS) is 14.9. The maximum absolute atomic E-state index is 6.21. The fourth-order valence-corrected chi connectivity index (χ4v) is 4.01. The van der Waals surface area contributed by atoms with Crippen molar-refractivity contribution >= 4 is 64.0 Å². The van der Waals surface area contributed by atoms with Gasteiger partial charge in [-0.2, -0.15) is 0 Å². The minimum Gasteiger partial charge on any atom is -0.368 e. The molecule has 0 atom stereocenters. The Morgan fingerprint density at radius 2 is 1.46 bits per heavy atom. The largest absolute Gasteiger partial charge is 0.368 e. The van der Waals surface area contributed by atoms with Crippen molar-refractivity contribution in [2.24, 2.45) is 0 Å². The van der Waals surface area contributed by atoms with Gasteiger partial charge in [-0.25, -0.2) is 9.97 Å². The Hall–Kier alpha value is -1.78. The Morgan fingerprint density at radius 1 is 0.786 bits per heavy atom. The predicted octanol–water partition coefficient (Wildman–Crippen LogP) is 7.22. The highest BCUT2D eigenvalue weighted by atomic mass is 35.5. The first kappa shape index (κ1) is 19.5. The summed E-state index contributed by atoms with van der Waals surface area (Å²) < 4.78 is 0. The summed E-state index contributed by atoms with van der Waals surface area (Å²) in [6.45, 7) is 0. The van der Waals surface area contributed by atoms with Crippen LogP contribution in [0.25, 0.3) is 22.9 Å². The number of hydrogen-bond donors (Lipinski definition) is 1. The van der Waals surface area contributed by atoms with E-state index in [4.69, 9.17) is 52.1 Å². The van der Waals surface area contributed by atoms with E-state index < -0.39 is 0 Å². The molecule has 2 aromatic carbocycles. The molecule has 0 spiro atoms. The van der Waals surface area contributed by atoms with Gasteiger partial charge in [0.15, 0.2) is 0 Å². The smallest absolute Gasteiger partial charge is 0.221 e. The zero-order valence-corrected chi connectivity index (χ0v) is 17.7. The van der Waals surface area contributed by atoms with Gasteiger partial charge in [0.1, 0.15) is 0 Å². The SMILES string of the molecule is Nc1nc2c(c(-c3ccc(Cl)c(Cl)c3)n1)CCC/C2=C\c1ccc(Cl)c(Cl)c1. The molecule has 0 unspecified atom stereocenters. The van der Waals surface area contributed by atoms with Gasteiger partial charge in [0, 0.05) is 11.1 Å². The van der Waals surface area contributed by atoms with Crippen LogP contribution in [-0.4, -0.2) is 9.97 Å². The number of anilines is 1. The number of nitrogen functional groups attached to an aromatic ring is 1. The molecular formula is C21H15Cl4N3. The van der Waals surface area contributed by atoms with Gasteiger partial charge in [-0.3, -0.25) is 0 Å². The van der Waals surface area contributed by atoms with Crippen molar-refractivity contribution in [1.82, 2.24) is 9.97 Å². The Kier molecular flexibility index (Phi) is 5.52. The molecule has 3 aromatic rings. The number of rotatable bonds is 2. The van der Waals surface area contributed by atoms with Crippen molar-refractivity contribution < 1.29 is 0 Å². The summed E-state index contributed by atoms with van der Waals surface area (Å²) in [5, 5.41) is 2.03. The molecule has 0 bridgehead atoms. The zero-order valence-electron chi connectivity index (χ0n) is 14.6. The molecule has 0 aliphatic heterocycles. The lowest BCUT2D eigenvalue weighted by Crippen LogP contribution is -2.11. The van der Waals surface area contributed by atoms with Gasteiger partial charge < -0.3 is 5.73 Å². The quantitative estimate of drug-likeness (QED) is 0.448. The molecule has 3 nitrogen and oxygen atoms in total. The zero-order chi connectivity index (χ0) is 19.8. The fourth-order valence-electron chi connectivity index (χ4n) is 3.40. The van der Waals surface area contributed by atoms with Gasteiger partial charge in [0.2, 0.25) is 5.95 Å². The minimum absolute atomic E-state index is 0.224.